The number of aryl methyl sites for hydroxylation is 1. The molecule has 3 aromatic rings. The monoisotopic (exact) mass is 548 g/mol. The Hall–Kier alpha value is -4.07. The lowest BCUT2D eigenvalue weighted by Gasteiger charge is -2.31. The van der Waals surface area contributed by atoms with Gasteiger partial charge in [-0.15, -0.1) is 0 Å². The van der Waals surface area contributed by atoms with Gasteiger partial charge in [-0.2, -0.15) is 5.10 Å². The molecule has 2 N–H and O–H groups in total. The summed E-state index contributed by atoms with van der Waals surface area (Å²) in [5, 5.41) is 16.7. The largest absolute Gasteiger partial charge is 0.396 e. The zero-order chi connectivity index (χ0) is 28.3. The molecule has 0 saturated carbocycles. The van der Waals surface area contributed by atoms with Gasteiger partial charge >= 0.3 is 0 Å². The van der Waals surface area contributed by atoms with Crippen molar-refractivity contribution in [3.63, 3.8) is 0 Å². The van der Waals surface area contributed by atoms with Crippen LogP contribution in [0.1, 0.15) is 57.4 Å². The lowest BCUT2D eigenvalue weighted by atomic mass is 9.93. The van der Waals surface area contributed by atoms with Crippen molar-refractivity contribution in [3.8, 4) is 0 Å². The third kappa shape index (κ3) is 6.32. The van der Waals surface area contributed by atoms with Crippen LogP contribution >= 0.6 is 0 Å². The molecule has 1 aromatic heterocycles. The predicted molar refractivity (Wildman–Crippen MR) is 159 cm³/mol. The topological polar surface area (TPSA) is 87.5 Å². The molecule has 0 atom stereocenters. The van der Waals surface area contributed by atoms with Gasteiger partial charge in [-0.05, 0) is 79.1 Å². The number of aromatic nitrogens is 2. The first-order valence-electron chi connectivity index (χ1n) is 14.4. The molecule has 3 aliphatic rings. The van der Waals surface area contributed by atoms with Gasteiger partial charge in [-0.25, -0.2) is 0 Å². The SMILES string of the molecule is Cc1ccc(Cn2cc(C(=O)NC3=CCC(=O)C(C4=Cc5cc(CN6CCC(CO)CC6)ccc5C4)=C3)cn2)cc1. The maximum Gasteiger partial charge on any atom is 0.258 e. The van der Waals surface area contributed by atoms with E-state index in [1.807, 2.05) is 6.08 Å². The Morgan fingerprint density at radius 2 is 1.83 bits per heavy atom. The number of aliphatic hydroxyl groups is 1. The van der Waals surface area contributed by atoms with E-state index >= 15 is 0 Å². The van der Waals surface area contributed by atoms with Crippen molar-refractivity contribution in [2.75, 3.05) is 19.7 Å². The second-order valence-corrected chi connectivity index (χ2v) is 11.5. The molecule has 1 fully saturated rings. The molecule has 0 unspecified atom stereocenters. The molecule has 41 heavy (non-hydrogen) atoms. The van der Waals surface area contributed by atoms with Crippen LogP contribution in [0, 0.1) is 12.8 Å². The standard InChI is InChI=1S/C34H36N4O3/c1-23-2-4-24(5-3-23)20-38-21-30(18-35-38)34(41)36-31-8-9-33(40)32(17-31)29-15-27-7-6-26(14-28(27)16-29)19-37-12-10-25(22-39)11-13-37/h2-8,14,16-18,21,25,39H,9-13,15,19-20,22H2,1H3,(H,36,41). The van der Waals surface area contributed by atoms with E-state index in [2.05, 4.69) is 70.8 Å². The summed E-state index contributed by atoms with van der Waals surface area (Å²) >= 11 is 0. The number of rotatable bonds is 8. The third-order valence-corrected chi connectivity index (χ3v) is 8.36. The number of allylic oxidation sites excluding steroid dienone is 4. The maximum atomic E-state index is 13.0. The number of piperidine rings is 1. The molecule has 2 aliphatic carbocycles. The van der Waals surface area contributed by atoms with Crippen molar-refractivity contribution in [1.29, 1.82) is 0 Å². The van der Waals surface area contributed by atoms with Crippen molar-refractivity contribution < 1.29 is 14.7 Å². The Bertz CT molecular complexity index is 1550. The number of aliphatic hydroxyl groups excluding tert-OH is 1. The zero-order valence-electron chi connectivity index (χ0n) is 23.5. The predicted octanol–water partition coefficient (Wildman–Crippen LogP) is 4.60. The summed E-state index contributed by atoms with van der Waals surface area (Å²) in [5.74, 6) is 0.260. The first-order valence-corrected chi connectivity index (χ1v) is 14.4. The summed E-state index contributed by atoms with van der Waals surface area (Å²) in [4.78, 5) is 28.4. The van der Waals surface area contributed by atoms with Crippen LogP contribution < -0.4 is 5.32 Å². The maximum absolute atomic E-state index is 13.0. The number of ketones is 1. The van der Waals surface area contributed by atoms with E-state index < -0.39 is 0 Å². The van der Waals surface area contributed by atoms with Crippen molar-refractivity contribution in [3.05, 3.63) is 117 Å². The summed E-state index contributed by atoms with van der Waals surface area (Å²) in [6.07, 6.45) is 12.1. The molecule has 1 aliphatic heterocycles. The molecule has 0 radical (unpaired) electrons. The Kier molecular flexibility index (Phi) is 7.81. The Labute approximate surface area is 240 Å². The highest BCUT2D eigenvalue weighted by molar-refractivity contribution is 6.04. The van der Waals surface area contributed by atoms with E-state index in [0.717, 1.165) is 49.2 Å². The number of Topliss-reactive ketones (excluding diaryl/α,β-unsaturated/α-hetero) is 1. The minimum absolute atomic E-state index is 0.0694. The van der Waals surface area contributed by atoms with Gasteiger partial charge in [-0.1, -0.05) is 60.2 Å². The molecule has 210 valence electrons. The fraction of sp³-hybridized carbons (Fsp3) is 0.324. The van der Waals surface area contributed by atoms with E-state index in [-0.39, 0.29) is 24.7 Å². The summed E-state index contributed by atoms with van der Waals surface area (Å²) in [7, 11) is 0. The van der Waals surface area contributed by atoms with Crippen LogP contribution in [0.2, 0.25) is 0 Å². The van der Waals surface area contributed by atoms with Crippen LogP contribution in [0.3, 0.4) is 0 Å². The number of fused-ring (bicyclic) bond motifs is 1. The minimum Gasteiger partial charge on any atom is -0.396 e. The molecular weight excluding hydrogens is 512 g/mol. The van der Waals surface area contributed by atoms with Gasteiger partial charge in [0.05, 0.1) is 18.3 Å². The molecule has 1 amide bonds. The molecule has 2 aromatic carbocycles. The molecule has 7 heteroatoms. The van der Waals surface area contributed by atoms with E-state index in [9.17, 15) is 14.7 Å². The number of nitrogens with one attached hydrogen (secondary N) is 1. The van der Waals surface area contributed by atoms with E-state index in [0.29, 0.717) is 35.7 Å². The highest BCUT2D eigenvalue weighted by Gasteiger charge is 2.24. The fourth-order valence-electron chi connectivity index (χ4n) is 5.86. The number of nitrogens with zero attached hydrogens (tertiary/aromatic N) is 3. The van der Waals surface area contributed by atoms with Crippen LogP contribution in [0.5, 0.6) is 0 Å². The first-order chi connectivity index (χ1) is 19.9. The number of amides is 1. The second kappa shape index (κ2) is 11.8. The van der Waals surface area contributed by atoms with E-state index in [1.165, 1.54) is 16.7 Å². The van der Waals surface area contributed by atoms with Crippen LogP contribution in [-0.2, 0) is 24.3 Å². The zero-order valence-corrected chi connectivity index (χ0v) is 23.5. The van der Waals surface area contributed by atoms with Crippen LogP contribution in [0.4, 0.5) is 0 Å². The summed E-state index contributed by atoms with van der Waals surface area (Å²) in [6.45, 7) is 5.86. The highest BCUT2D eigenvalue weighted by atomic mass is 16.3. The van der Waals surface area contributed by atoms with Crippen LogP contribution in [0.25, 0.3) is 6.08 Å². The van der Waals surface area contributed by atoms with Crippen molar-refractivity contribution in [1.82, 2.24) is 20.0 Å². The van der Waals surface area contributed by atoms with Crippen LogP contribution in [0.15, 0.2) is 83.9 Å². The van der Waals surface area contributed by atoms with Crippen molar-refractivity contribution >= 4 is 17.8 Å². The van der Waals surface area contributed by atoms with Gasteiger partial charge in [0.15, 0.2) is 5.78 Å². The average molecular weight is 549 g/mol. The summed E-state index contributed by atoms with van der Waals surface area (Å²) < 4.78 is 1.76. The fourth-order valence-corrected chi connectivity index (χ4v) is 5.86. The van der Waals surface area contributed by atoms with Crippen molar-refractivity contribution in [2.24, 2.45) is 5.92 Å². The van der Waals surface area contributed by atoms with Gasteiger partial charge < -0.3 is 10.4 Å². The lowest BCUT2D eigenvalue weighted by Crippen LogP contribution is -2.34. The first kappa shape index (κ1) is 27.1. The second-order valence-electron chi connectivity index (χ2n) is 11.5. The molecule has 1 saturated heterocycles. The lowest BCUT2D eigenvalue weighted by molar-refractivity contribution is -0.114. The van der Waals surface area contributed by atoms with Gasteiger partial charge in [-0.3, -0.25) is 19.2 Å². The van der Waals surface area contributed by atoms with E-state index in [1.54, 1.807) is 23.2 Å². The van der Waals surface area contributed by atoms with Gasteiger partial charge in [0.1, 0.15) is 0 Å². The van der Waals surface area contributed by atoms with Crippen LogP contribution in [-0.4, -0.2) is 51.2 Å². The molecule has 6 rings (SSSR count). The van der Waals surface area contributed by atoms with Crippen molar-refractivity contribution in [2.45, 2.75) is 45.7 Å². The molecular formula is C34H36N4O3. The van der Waals surface area contributed by atoms with E-state index in [4.69, 9.17) is 0 Å². The molecule has 7 nitrogen and oxygen atoms in total. The number of carbonyl (C=O) groups excluding carboxylic acids is 2. The number of hydrogen-bond donors (Lipinski definition) is 2. The Balaban J connectivity index is 1.10. The molecule has 2 heterocycles. The number of hydrogen-bond acceptors (Lipinski definition) is 5. The highest BCUT2D eigenvalue weighted by Crippen LogP contribution is 2.33. The Morgan fingerprint density at radius 3 is 2.61 bits per heavy atom. The summed E-state index contributed by atoms with van der Waals surface area (Å²) in [5.41, 5.74) is 8.75. The average Bonchev–Trinajstić information content (AvgIpc) is 3.63. The summed E-state index contributed by atoms with van der Waals surface area (Å²) in [6, 6.07) is 14.9. The quantitative estimate of drug-likeness (QED) is 0.430. The normalized spacial score (nSPS) is 17.6. The smallest absolute Gasteiger partial charge is 0.258 e. The molecule has 0 spiro atoms. The number of carbonyl (C=O) groups is 2. The van der Waals surface area contributed by atoms with Gasteiger partial charge in [0.25, 0.3) is 5.91 Å². The minimum atomic E-state index is -0.243. The number of benzene rings is 2. The van der Waals surface area contributed by atoms with Gasteiger partial charge in [0.2, 0.25) is 0 Å². The third-order valence-electron chi connectivity index (χ3n) is 8.36. The number of likely N-dealkylation sites (tertiary alicyclic amines) is 1. The van der Waals surface area contributed by atoms with Gasteiger partial charge in [0, 0.05) is 37.0 Å². The Morgan fingerprint density at radius 1 is 1.05 bits per heavy atom. The molecule has 0 bridgehead atoms.